The monoisotopic (exact) mass is 312 g/mol. The average Bonchev–Trinajstić information content (AvgIpc) is 2.54. The zero-order valence-corrected chi connectivity index (χ0v) is 13.5. The molecule has 0 aromatic heterocycles. The smallest absolute Gasteiger partial charge is 0.314 e. The first-order valence-corrected chi connectivity index (χ1v) is 6.95. The Balaban J connectivity index is 2.59. The van der Waals surface area contributed by atoms with Crippen molar-refractivity contribution in [3.8, 4) is 17.2 Å². The molecule has 0 heterocycles. The van der Waals surface area contributed by atoms with E-state index in [0.29, 0.717) is 43.4 Å². The van der Waals surface area contributed by atoms with Crippen LogP contribution in [-0.4, -0.2) is 54.2 Å². The van der Waals surface area contributed by atoms with Crippen molar-refractivity contribution >= 4 is 6.03 Å². The lowest BCUT2D eigenvalue weighted by Crippen LogP contribution is -2.38. The van der Waals surface area contributed by atoms with Crippen molar-refractivity contribution in [1.29, 1.82) is 0 Å². The molecule has 7 heteroatoms. The van der Waals surface area contributed by atoms with Gasteiger partial charge in [0.25, 0.3) is 0 Å². The fourth-order valence-corrected chi connectivity index (χ4v) is 1.93. The summed E-state index contributed by atoms with van der Waals surface area (Å²) in [4.78, 5) is 11.5. The minimum absolute atomic E-state index is 0.225. The van der Waals surface area contributed by atoms with Crippen molar-refractivity contribution in [3.05, 3.63) is 17.7 Å². The summed E-state index contributed by atoms with van der Waals surface area (Å²) in [5.74, 6) is 1.93. The molecule has 0 saturated heterocycles. The number of benzene rings is 1. The first-order valence-electron chi connectivity index (χ1n) is 6.95. The second kappa shape index (κ2) is 9.73. The molecule has 0 radical (unpaired) electrons. The molecular formula is C15H24N2O5. The first-order chi connectivity index (χ1) is 10.7. The number of hydrogen-bond donors (Lipinski definition) is 2. The summed E-state index contributed by atoms with van der Waals surface area (Å²) in [5.41, 5.74) is 0.928. The molecule has 22 heavy (non-hydrogen) atoms. The minimum atomic E-state index is -0.225. The van der Waals surface area contributed by atoms with Crippen LogP contribution in [0.1, 0.15) is 5.56 Å². The van der Waals surface area contributed by atoms with Gasteiger partial charge >= 0.3 is 6.03 Å². The van der Waals surface area contributed by atoms with Crippen LogP contribution in [0.15, 0.2) is 12.1 Å². The van der Waals surface area contributed by atoms with Gasteiger partial charge in [-0.1, -0.05) is 0 Å². The highest BCUT2D eigenvalue weighted by Crippen LogP contribution is 2.34. The van der Waals surface area contributed by atoms with E-state index >= 15 is 0 Å². The van der Waals surface area contributed by atoms with Gasteiger partial charge in [-0.05, 0) is 18.1 Å². The van der Waals surface area contributed by atoms with E-state index in [-0.39, 0.29) is 6.03 Å². The molecule has 1 aromatic carbocycles. The van der Waals surface area contributed by atoms with Crippen LogP contribution in [0, 0.1) is 0 Å². The lowest BCUT2D eigenvalue weighted by molar-refractivity contribution is 0.196. The van der Waals surface area contributed by atoms with E-state index in [4.69, 9.17) is 18.9 Å². The van der Waals surface area contributed by atoms with Crippen LogP contribution < -0.4 is 24.8 Å². The summed E-state index contributed by atoms with van der Waals surface area (Å²) in [6.07, 6.45) is 0.612. The number of amides is 2. The van der Waals surface area contributed by atoms with E-state index in [1.807, 2.05) is 6.07 Å². The van der Waals surface area contributed by atoms with Gasteiger partial charge in [-0.15, -0.1) is 0 Å². The third-order valence-corrected chi connectivity index (χ3v) is 3.06. The molecule has 0 spiro atoms. The van der Waals surface area contributed by atoms with Crippen LogP contribution >= 0.6 is 0 Å². The van der Waals surface area contributed by atoms with Crippen LogP contribution in [0.3, 0.4) is 0 Å². The highest BCUT2D eigenvalue weighted by molar-refractivity contribution is 5.73. The topological polar surface area (TPSA) is 78.1 Å². The fraction of sp³-hybridized carbons (Fsp3) is 0.533. The zero-order valence-electron chi connectivity index (χ0n) is 13.5. The maximum Gasteiger partial charge on any atom is 0.314 e. The molecule has 0 aliphatic rings. The number of nitrogens with one attached hydrogen (secondary N) is 2. The van der Waals surface area contributed by atoms with Crippen LogP contribution in [-0.2, 0) is 11.2 Å². The summed E-state index contributed by atoms with van der Waals surface area (Å²) in [6.45, 7) is 1.43. The Morgan fingerprint density at radius 3 is 2.09 bits per heavy atom. The van der Waals surface area contributed by atoms with Gasteiger partial charge in [-0.25, -0.2) is 4.79 Å². The van der Waals surface area contributed by atoms with Gasteiger partial charge in [-0.2, -0.15) is 0 Å². The summed E-state index contributed by atoms with van der Waals surface area (Å²) in [6, 6.07) is 3.39. The number of carbonyl (C=O) groups is 1. The van der Waals surface area contributed by atoms with E-state index in [1.165, 1.54) is 0 Å². The van der Waals surface area contributed by atoms with Gasteiger partial charge < -0.3 is 29.6 Å². The molecule has 0 atom stereocenters. The van der Waals surface area contributed by atoms with Gasteiger partial charge in [0.15, 0.2) is 11.5 Å². The van der Waals surface area contributed by atoms with E-state index in [2.05, 4.69) is 10.6 Å². The van der Waals surface area contributed by atoms with E-state index in [9.17, 15) is 4.79 Å². The van der Waals surface area contributed by atoms with E-state index < -0.39 is 0 Å². The molecule has 1 aromatic rings. The molecule has 124 valence electrons. The largest absolute Gasteiger partial charge is 0.496 e. The second-order valence-electron chi connectivity index (χ2n) is 4.44. The normalized spacial score (nSPS) is 10.0. The second-order valence-corrected chi connectivity index (χ2v) is 4.44. The highest BCUT2D eigenvalue weighted by Gasteiger charge is 2.11. The van der Waals surface area contributed by atoms with Crippen molar-refractivity contribution in [1.82, 2.24) is 10.6 Å². The standard InChI is InChI=1S/C15H24N2O5/c1-19-8-7-17-15(18)16-6-5-11-9-13(21-3)14(22-4)10-12(11)20-2/h9-10H,5-8H2,1-4H3,(H2,16,17,18). The molecule has 0 fully saturated rings. The number of rotatable bonds is 9. The zero-order chi connectivity index (χ0) is 16.4. The quantitative estimate of drug-likeness (QED) is 0.670. The third kappa shape index (κ3) is 5.33. The molecule has 0 aliphatic heterocycles. The molecule has 0 saturated carbocycles. The Bertz CT molecular complexity index is 479. The number of hydrogen-bond acceptors (Lipinski definition) is 5. The SMILES string of the molecule is COCCNC(=O)NCCc1cc(OC)c(OC)cc1OC. The van der Waals surface area contributed by atoms with Gasteiger partial charge in [-0.3, -0.25) is 0 Å². The lowest BCUT2D eigenvalue weighted by Gasteiger charge is -2.14. The van der Waals surface area contributed by atoms with Crippen molar-refractivity contribution in [2.75, 3.05) is 48.1 Å². The first kappa shape index (κ1) is 17.9. The Morgan fingerprint density at radius 2 is 1.50 bits per heavy atom. The van der Waals surface area contributed by atoms with Crippen molar-refractivity contribution in [2.24, 2.45) is 0 Å². The maximum absolute atomic E-state index is 11.5. The van der Waals surface area contributed by atoms with Crippen molar-refractivity contribution < 1.29 is 23.7 Å². The lowest BCUT2D eigenvalue weighted by atomic mass is 10.1. The van der Waals surface area contributed by atoms with E-state index in [1.54, 1.807) is 34.5 Å². The molecule has 7 nitrogen and oxygen atoms in total. The molecule has 0 bridgehead atoms. The maximum atomic E-state index is 11.5. The fourth-order valence-electron chi connectivity index (χ4n) is 1.93. The van der Waals surface area contributed by atoms with Gasteiger partial charge in [0.1, 0.15) is 5.75 Å². The Labute approximate surface area is 130 Å². The molecule has 0 aliphatic carbocycles. The summed E-state index contributed by atoms with van der Waals surface area (Å²) < 4.78 is 20.7. The van der Waals surface area contributed by atoms with Crippen molar-refractivity contribution in [2.45, 2.75) is 6.42 Å². The summed E-state index contributed by atoms with van der Waals surface area (Å²) in [5, 5.41) is 5.46. The Morgan fingerprint density at radius 1 is 0.909 bits per heavy atom. The molecule has 2 amide bonds. The van der Waals surface area contributed by atoms with Gasteiger partial charge in [0.05, 0.1) is 27.9 Å². The minimum Gasteiger partial charge on any atom is -0.496 e. The molecular weight excluding hydrogens is 288 g/mol. The van der Waals surface area contributed by atoms with Crippen LogP contribution in [0.2, 0.25) is 0 Å². The predicted octanol–water partition coefficient (Wildman–Crippen LogP) is 1.20. The van der Waals surface area contributed by atoms with Gasteiger partial charge in [0, 0.05) is 26.3 Å². The average molecular weight is 312 g/mol. The van der Waals surface area contributed by atoms with Crippen LogP contribution in [0.5, 0.6) is 17.2 Å². The van der Waals surface area contributed by atoms with Gasteiger partial charge in [0.2, 0.25) is 0 Å². The van der Waals surface area contributed by atoms with Crippen LogP contribution in [0.4, 0.5) is 4.79 Å². The number of ether oxygens (including phenoxy) is 4. The summed E-state index contributed by atoms with van der Waals surface area (Å²) in [7, 11) is 6.33. The Kier molecular flexibility index (Phi) is 7.91. The highest BCUT2D eigenvalue weighted by atomic mass is 16.5. The summed E-state index contributed by atoms with van der Waals surface area (Å²) >= 11 is 0. The molecule has 2 N–H and O–H groups in total. The molecule has 1 rings (SSSR count). The third-order valence-electron chi connectivity index (χ3n) is 3.06. The van der Waals surface area contributed by atoms with E-state index in [0.717, 1.165) is 5.56 Å². The Hall–Kier alpha value is -2.15. The van der Waals surface area contributed by atoms with Crippen LogP contribution in [0.25, 0.3) is 0 Å². The number of urea groups is 1. The van der Waals surface area contributed by atoms with Crippen molar-refractivity contribution in [3.63, 3.8) is 0 Å². The number of carbonyl (C=O) groups excluding carboxylic acids is 1. The predicted molar refractivity (Wildman–Crippen MR) is 83.1 cm³/mol. The molecule has 0 unspecified atom stereocenters. The number of methoxy groups -OCH3 is 4.